The predicted octanol–water partition coefficient (Wildman–Crippen LogP) is 3.93. The number of benzene rings is 2. The molecular formula is C23H24ClN3O3. The number of aromatic nitrogens is 1. The monoisotopic (exact) mass is 425 g/mol. The Labute approximate surface area is 181 Å². The Balaban J connectivity index is 1.39. The van der Waals surface area contributed by atoms with Gasteiger partial charge in [-0.2, -0.15) is 0 Å². The second-order valence-corrected chi connectivity index (χ2v) is 7.70. The SMILES string of the molecule is COc1cccc2c(C)cc(N3CCN(C(=O)COc4ccc(Cl)cc4)CC3)nc12. The van der Waals surface area contributed by atoms with Crippen LogP contribution in [0.3, 0.4) is 0 Å². The largest absolute Gasteiger partial charge is 0.494 e. The standard InChI is InChI=1S/C23H24ClN3O3/c1-16-14-21(25-23-19(16)4-3-5-20(23)29-2)26-10-12-27(13-11-26)22(28)15-30-18-8-6-17(24)7-9-18/h3-9,14H,10-13,15H2,1-2H3. The molecular weight excluding hydrogens is 402 g/mol. The van der Waals surface area contributed by atoms with E-state index in [-0.39, 0.29) is 12.5 Å². The Bertz CT molecular complexity index is 1050. The molecule has 0 atom stereocenters. The number of nitrogens with zero attached hydrogens (tertiary/aromatic N) is 3. The van der Waals surface area contributed by atoms with E-state index in [9.17, 15) is 4.79 Å². The van der Waals surface area contributed by atoms with Crippen LogP contribution in [0.25, 0.3) is 10.9 Å². The highest BCUT2D eigenvalue weighted by Gasteiger charge is 2.23. The Kier molecular flexibility index (Phi) is 5.95. The minimum atomic E-state index is -0.0195. The molecule has 1 aromatic heterocycles. The molecule has 1 fully saturated rings. The lowest BCUT2D eigenvalue weighted by Crippen LogP contribution is -2.50. The third kappa shape index (κ3) is 4.28. The van der Waals surface area contributed by atoms with Crippen molar-refractivity contribution in [3.05, 3.63) is 59.1 Å². The predicted molar refractivity (Wildman–Crippen MR) is 119 cm³/mol. The lowest BCUT2D eigenvalue weighted by Gasteiger charge is -2.35. The van der Waals surface area contributed by atoms with Gasteiger partial charge in [-0.15, -0.1) is 0 Å². The lowest BCUT2D eigenvalue weighted by atomic mass is 10.1. The summed E-state index contributed by atoms with van der Waals surface area (Å²) in [6, 6.07) is 15.1. The fourth-order valence-corrected chi connectivity index (χ4v) is 3.78. The van der Waals surface area contributed by atoms with Gasteiger partial charge in [-0.3, -0.25) is 4.79 Å². The summed E-state index contributed by atoms with van der Waals surface area (Å²) in [4.78, 5) is 21.4. The molecule has 1 saturated heterocycles. The van der Waals surface area contributed by atoms with Crippen molar-refractivity contribution in [2.45, 2.75) is 6.92 Å². The first-order chi connectivity index (χ1) is 14.5. The van der Waals surface area contributed by atoms with Gasteiger partial charge < -0.3 is 19.3 Å². The first-order valence-electron chi connectivity index (χ1n) is 9.90. The number of amides is 1. The smallest absolute Gasteiger partial charge is 0.260 e. The average Bonchev–Trinajstić information content (AvgIpc) is 2.78. The molecule has 0 N–H and O–H groups in total. The van der Waals surface area contributed by atoms with Gasteiger partial charge in [0.2, 0.25) is 0 Å². The number of halogens is 1. The van der Waals surface area contributed by atoms with E-state index in [1.807, 2.05) is 17.0 Å². The highest BCUT2D eigenvalue weighted by atomic mass is 35.5. The molecule has 0 unspecified atom stereocenters. The van der Waals surface area contributed by atoms with Gasteiger partial charge in [0.1, 0.15) is 22.8 Å². The number of fused-ring (bicyclic) bond motifs is 1. The number of aryl methyl sites for hydroxylation is 1. The Morgan fingerprint density at radius 1 is 1.10 bits per heavy atom. The van der Waals surface area contributed by atoms with Crippen LogP contribution in [0.4, 0.5) is 5.82 Å². The second kappa shape index (κ2) is 8.79. The first kappa shape index (κ1) is 20.3. The van der Waals surface area contributed by atoms with Gasteiger partial charge in [0.25, 0.3) is 5.91 Å². The van der Waals surface area contributed by atoms with Crippen LogP contribution in [0.5, 0.6) is 11.5 Å². The van der Waals surface area contributed by atoms with Crippen molar-refractivity contribution in [3.8, 4) is 11.5 Å². The van der Waals surface area contributed by atoms with Crippen LogP contribution in [0.2, 0.25) is 5.02 Å². The zero-order valence-electron chi connectivity index (χ0n) is 17.1. The van der Waals surface area contributed by atoms with Crippen LogP contribution in [-0.2, 0) is 4.79 Å². The normalized spacial score (nSPS) is 14.1. The second-order valence-electron chi connectivity index (χ2n) is 7.26. The molecule has 0 spiro atoms. The minimum Gasteiger partial charge on any atom is -0.494 e. The number of carbonyl (C=O) groups excluding carboxylic acids is 1. The summed E-state index contributed by atoms with van der Waals surface area (Å²) in [6.45, 7) is 4.81. The van der Waals surface area contributed by atoms with Crippen LogP contribution in [0, 0.1) is 6.92 Å². The minimum absolute atomic E-state index is 0.0195. The number of anilines is 1. The lowest BCUT2D eigenvalue weighted by molar-refractivity contribution is -0.133. The molecule has 3 aromatic rings. The van der Waals surface area contributed by atoms with E-state index in [2.05, 4.69) is 24.0 Å². The maximum Gasteiger partial charge on any atom is 0.260 e. The van der Waals surface area contributed by atoms with Crippen LogP contribution in [-0.4, -0.2) is 55.7 Å². The summed E-state index contributed by atoms with van der Waals surface area (Å²) in [7, 11) is 1.66. The summed E-state index contributed by atoms with van der Waals surface area (Å²) in [5.74, 6) is 2.30. The van der Waals surface area contributed by atoms with Crippen molar-refractivity contribution in [3.63, 3.8) is 0 Å². The van der Waals surface area contributed by atoms with Crippen LogP contribution in [0.15, 0.2) is 48.5 Å². The number of para-hydroxylation sites is 1. The summed E-state index contributed by atoms with van der Waals surface area (Å²) < 4.78 is 11.1. The summed E-state index contributed by atoms with van der Waals surface area (Å²) in [5, 5.41) is 1.73. The summed E-state index contributed by atoms with van der Waals surface area (Å²) in [6.07, 6.45) is 0. The van der Waals surface area contributed by atoms with Gasteiger partial charge in [0, 0.05) is 36.6 Å². The van der Waals surface area contributed by atoms with Gasteiger partial charge >= 0.3 is 0 Å². The number of ether oxygens (including phenoxy) is 2. The third-order valence-electron chi connectivity index (χ3n) is 5.35. The van der Waals surface area contributed by atoms with Gasteiger partial charge in [-0.05, 0) is 48.9 Å². The van der Waals surface area contributed by atoms with E-state index in [1.54, 1.807) is 31.4 Å². The third-order valence-corrected chi connectivity index (χ3v) is 5.60. The van der Waals surface area contributed by atoms with Crippen LogP contribution < -0.4 is 14.4 Å². The van der Waals surface area contributed by atoms with E-state index in [0.717, 1.165) is 41.1 Å². The fraction of sp³-hybridized carbons (Fsp3) is 0.304. The molecule has 0 aliphatic carbocycles. The molecule has 1 aliphatic heterocycles. The number of hydrogen-bond donors (Lipinski definition) is 0. The van der Waals surface area contributed by atoms with E-state index in [4.69, 9.17) is 26.1 Å². The Hall–Kier alpha value is -2.99. The highest BCUT2D eigenvalue weighted by Crippen LogP contribution is 2.29. The molecule has 2 heterocycles. The summed E-state index contributed by atoms with van der Waals surface area (Å²) >= 11 is 5.87. The Morgan fingerprint density at radius 2 is 1.83 bits per heavy atom. The number of piperazine rings is 1. The zero-order chi connectivity index (χ0) is 21.1. The molecule has 0 saturated carbocycles. The number of hydrogen-bond acceptors (Lipinski definition) is 5. The van der Waals surface area contributed by atoms with Crippen molar-refractivity contribution in [2.24, 2.45) is 0 Å². The number of carbonyl (C=O) groups is 1. The van der Waals surface area contributed by atoms with Crippen LogP contribution in [0.1, 0.15) is 5.56 Å². The van der Waals surface area contributed by atoms with E-state index in [1.165, 1.54) is 0 Å². The van der Waals surface area contributed by atoms with Crippen molar-refractivity contribution in [1.82, 2.24) is 9.88 Å². The molecule has 0 radical (unpaired) electrons. The highest BCUT2D eigenvalue weighted by molar-refractivity contribution is 6.30. The molecule has 7 heteroatoms. The van der Waals surface area contributed by atoms with Crippen molar-refractivity contribution >= 4 is 34.2 Å². The molecule has 6 nitrogen and oxygen atoms in total. The first-order valence-corrected chi connectivity index (χ1v) is 10.3. The molecule has 4 rings (SSSR count). The number of methoxy groups -OCH3 is 1. The van der Waals surface area contributed by atoms with Gasteiger partial charge in [0.15, 0.2) is 6.61 Å². The molecule has 0 bridgehead atoms. The van der Waals surface area contributed by atoms with Crippen molar-refractivity contribution in [1.29, 1.82) is 0 Å². The average molecular weight is 426 g/mol. The van der Waals surface area contributed by atoms with Crippen molar-refractivity contribution < 1.29 is 14.3 Å². The van der Waals surface area contributed by atoms with E-state index < -0.39 is 0 Å². The number of pyridine rings is 1. The molecule has 1 aliphatic rings. The summed E-state index contributed by atoms with van der Waals surface area (Å²) in [5.41, 5.74) is 2.02. The maximum atomic E-state index is 12.5. The van der Waals surface area contributed by atoms with Gasteiger partial charge in [-0.1, -0.05) is 23.7 Å². The van der Waals surface area contributed by atoms with Crippen LogP contribution >= 0.6 is 11.6 Å². The molecule has 156 valence electrons. The molecule has 30 heavy (non-hydrogen) atoms. The quantitative estimate of drug-likeness (QED) is 0.620. The maximum absolute atomic E-state index is 12.5. The van der Waals surface area contributed by atoms with Crippen molar-refractivity contribution in [2.75, 3.05) is 44.8 Å². The zero-order valence-corrected chi connectivity index (χ0v) is 17.9. The van der Waals surface area contributed by atoms with Gasteiger partial charge in [0.05, 0.1) is 7.11 Å². The fourth-order valence-electron chi connectivity index (χ4n) is 3.65. The van der Waals surface area contributed by atoms with E-state index >= 15 is 0 Å². The van der Waals surface area contributed by atoms with E-state index in [0.29, 0.717) is 23.9 Å². The Morgan fingerprint density at radius 3 is 2.53 bits per heavy atom. The van der Waals surface area contributed by atoms with Gasteiger partial charge in [-0.25, -0.2) is 4.98 Å². The molecule has 2 aromatic carbocycles. The topological polar surface area (TPSA) is 54.9 Å². The number of rotatable bonds is 5. The molecule has 1 amide bonds.